The van der Waals surface area contributed by atoms with Gasteiger partial charge in [-0.3, -0.25) is 4.90 Å². The molecule has 2 aromatic rings. The van der Waals surface area contributed by atoms with Crippen molar-refractivity contribution in [3.63, 3.8) is 0 Å². The van der Waals surface area contributed by atoms with Crippen LogP contribution in [-0.2, 0) is 17.1 Å². The Hall–Kier alpha value is -2.10. The summed E-state index contributed by atoms with van der Waals surface area (Å²) in [6.07, 6.45) is 6.20. The number of aromatic nitrogens is 1. The standard InChI is InChI=1S/C17H23N3O5S/c1-19-12-13(10-14(19)17(21)22)26(23,24)18-11-15(16-6-5-9-25-16)20-7-3-2-4-8-20/h5-6,9-10,12,15,18H,2-4,7-8,11H2,1H3,(H,21,22)/t15-/m0/s1. The number of aryl methyl sites for hydroxylation is 1. The highest BCUT2D eigenvalue weighted by atomic mass is 32.2. The third-order valence-corrected chi connectivity index (χ3v) is 6.07. The van der Waals surface area contributed by atoms with Crippen LogP contribution in [-0.4, -0.2) is 48.6 Å². The third kappa shape index (κ3) is 4.00. The van der Waals surface area contributed by atoms with E-state index in [1.807, 2.05) is 6.07 Å². The van der Waals surface area contributed by atoms with Gasteiger partial charge in [-0.2, -0.15) is 0 Å². The maximum Gasteiger partial charge on any atom is 0.352 e. The van der Waals surface area contributed by atoms with Crippen LogP contribution >= 0.6 is 0 Å². The van der Waals surface area contributed by atoms with E-state index in [0.717, 1.165) is 32.0 Å². The smallest absolute Gasteiger partial charge is 0.352 e. The highest BCUT2D eigenvalue weighted by molar-refractivity contribution is 7.89. The molecule has 0 spiro atoms. The summed E-state index contributed by atoms with van der Waals surface area (Å²) in [5.74, 6) is -0.454. The van der Waals surface area contributed by atoms with Gasteiger partial charge in [0, 0.05) is 19.8 Å². The number of carbonyl (C=O) groups is 1. The maximum atomic E-state index is 12.6. The fraction of sp³-hybridized carbons (Fsp3) is 0.471. The molecule has 0 amide bonds. The number of piperidine rings is 1. The first kappa shape index (κ1) is 18.7. The van der Waals surface area contributed by atoms with Crippen molar-refractivity contribution in [1.82, 2.24) is 14.2 Å². The predicted octanol–water partition coefficient (Wildman–Crippen LogP) is 1.82. The summed E-state index contributed by atoms with van der Waals surface area (Å²) in [5.41, 5.74) is -0.0796. The van der Waals surface area contributed by atoms with Crippen LogP contribution in [0.4, 0.5) is 0 Å². The van der Waals surface area contributed by atoms with Gasteiger partial charge in [-0.25, -0.2) is 17.9 Å². The molecule has 2 aromatic heterocycles. The maximum absolute atomic E-state index is 12.6. The minimum atomic E-state index is -3.82. The lowest BCUT2D eigenvalue weighted by Gasteiger charge is -2.33. The van der Waals surface area contributed by atoms with E-state index in [0.29, 0.717) is 5.76 Å². The van der Waals surface area contributed by atoms with Gasteiger partial charge in [0.2, 0.25) is 10.0 Å². The first-order chi connectivity index (χ1) is 12.4. The molecule has 1 saturated heterocycles. The largest absolute Gasteiger partial charge is 0.477 e. The molecule has 0 saturated carbocycles. The second-order valence-electron chi connectivity index (χ2n) is 6.46. The van der Waals surface area contributed by atoms with Gasteiger partial charge in [0.05, 0.1) is 12.3 Å². The molecule has 9 heteroatoms. The van der Waals surface area contributed by atoms with Crippen molar-refractivity contribution in [2.45, 2.75) is 30.2 Å². The monoisotopic (exact) mass is 381 g/mol. The second-order valence-corrected chi connectivity index (χ2v) is 8.22. The molecule has 8 nitrogen and oxygen atoms in total. The number of nitrogens with one attached hydrogen (secondary N) is 1. The molecule has 3 heterocycles. The third-order valence-electron chi connectivity index (χ3n) is 4.68. The van der Waals surface area contributed by atoms with Crippen LogP contribution in [0.1, 0.15) is 41.6 Å². The number of hydrogen-bond donors (Lipinski definition) is 2. The number of aromatic carboxylic acids is 1. The Morgan fingerprint density at radius 3 is 2.65 bits per heavy atom. The van der Waals surface area contributed by atoms with Crippen molar-refractivity contribution in [3.8, 4) is 0 Å². The Labute approximate surface area is 152 Å². The fourth-order valence-electron chi connectivity index (χ4n) is 3.29. The van der Waals surface area contributed by atoms with E-state index in [1.165, 1.54) is 24.2 Å². The molecule has 2 N–H and O–H groups in total. The second kappa shape index (κ2) is 7.65. The van der Waals surface area contributed by atoms with Crippen molar-refractivity contribution < 1.29 is 22.7 Å². The van der Waals surface area contributed by atoms with E-state index < -0.39 is 16.0 Å². The van der Waals surface area contributed by atoms with Crippen LogP contribution in [0.25, 0.3) is 0 Å². The van der Waals surface area contributed by atoms with Crippen molar-refractivity contribution in [2.24, 2.45) is 7.05 Å². The van der Waals surface area contributed by atoms with E-state index in [2.05, 4.69) is 9.62 Å². The van der Waals surface area contributed by atoms with Crippen LogP contribution < -0.4 is 4.72 Å². The summed E-state index contributed by atoms with van der Waals surface area (Å²) in [6, 6.07) is 4.60. The molecule has 0 unspecified atom stereocenters. The number of carboxylic acids is 1. The molecule has 1 atom stereocenters. The van der Waals surface area contributed by atoms with E-state index in [1.54, 1.807) is 12.3 Å². The zero-order chi connectivity index (χ0) is 18.7. The first-order valence-electron chi connectivity index (χ1n) is 8.55. The SMILES string of the molecule is Cn1cc(S(=O)(=O)NC[C@@H](c2ccco2)N2CCCCC2)cc1C(=O)O. The molecular weight excluding hydrogens is 358 g/mol. The molecular formula is C17H23N3O5S. The lowest BCUT2D eigenvalue weighted by molar-refractivity contribution is 0.0686. The Bertz CT molecular complexity index is 851. The topological polar surface area (TPSA) is 105 Å². The van der Waals surface area contributed by atoms with Crippen molar-refractivity contribution in [3.05, 3.63) is 42.1 Å². The summed E-state index contributed by atoms with van der Waals surface area (Å²) in [4.78, 5) is 13.3. The molecule has 1 aliphatic rings. The van der Waals surface area contributed by atoms with Gasteiger partial charge in [-0.1, -0.05) is 6.42 Å². The number of rotatable bonds is 7. The Morgan fingerprint density at radius 2 is 2.08 bits per heavy atom. The lowest BCUT2D eigenvalue weighted by Crippen LogP contribution is -2.40. The highest BCUT2D eigenvalue weighted by Gasteiger charge is 2.27. The van der Waals surface area contributed by atoms with Gasteiger partial charge in [-0.15, -0.1) is 0 Å². The minimum absolute atomic E-state index is 0.0609. The molecule has 0 bridgehead atoms. The number of sulfonamides is 1. The molecule has 3 rings (SSSR count). The molecule has 1 aliphatic heterocycles. The van der Waals surface area contributed by atoms with E-state index in [9.17, 15) is 13.2 Å². The van der Waals surface area contributed by atoms with Crippen LogP contribution in [0.3, 0.4) is 0 Å². The Morgan fingerprint density at radius 1 is 1.35 bits per heavy atom. The fourth-order valence-corrected chi connectivity index (χ4v) is 4.39. The summed E-state index contributed by atoms with van der Waals surface area (Å²) in [7, 11) is -2.32. The number of nitrogens with zero attached hydrogens (tertiary/aromatic N) is 2. The lowest BCUT2D eigenvalue weighted by atomic mass is 10.1. The van der Waals surface area contributed by atoms with Crippen LogP contribution in [0.5, 0.6) is 0 Å². The summed E-state index contributed by atoms with van der Waals surface area (Å²) in [6.45, 7) is 1.94. The van der Waals surface area contributed by atoms with Crippen LogP contribution in [0.15, 0.2) is 40.0 Å². The van der Waals surface area contributed by atoms with Gasteiger partial charge < -0.3 is 14.1 Å². The van der Waals surface area contributed by atoms with Crippen molar-refractivity contribution in [2.75, 3.05) is 19.6 Å². The van der Waals surface area contributed by atoms with E-state index in [-0.39, 0.29) is 23.2 Å². The minimum Gasteiger partial charge on any atom is -0.477 e. The molecule has 26 heavy (non-hydrogen) atoms. The molecule has 142 valence electrons. The van der Waals surface area contributed by atoms with Crippen LogP contribution in [0.2, 0.25) is 0 Å². The predicted molar refractivity (Wildman–Crippen MR) is 94.4 cm³/mol. The number of furan rings is 1. The summed E-state index contributed by atoms with van der Waals surface area (Å²) < 4.78 is 34.6. The van der Waals surface area contributed by atoms with Gasteiger partial charge in [0.1, 0.15) is 16.3 Å². The van der Waals surface area contributed by atoms with E-state index in [4.69, 9.17) is 9.52 Å². The highest BCUT2D eigenvalue weighted by Crippen LogP contribution is 2.25. The number of hydrogen-bond acceptors (Lipinski definition) is 5. The zero-order valence-corrected chi connectivity index (χ0v) is 15.4. The van der Waals surface area contributed by atoms with Gasteiger partial charge in [0.15, 0.2) is 0 Å². The quantitative estimate of drug-likeness (QED) is 0.758. The molecule has 0 aliphatic carbocycles. The first-order valence-corrected chi connectivity index (χ1v) is 10.0. The normalized spacial score (nSPS) is 17.3. The molecule has 0 aromatic carbocycles. The zero-order valence-electron chi connectivity index (χ0n) is 14.6. The van der Waals surface area contributed by atoms with Gasteiger partial charge >= 0.3 is 5.97 Å². The van der Waals surface area contributed by atoms with Gasteiger partial charge in [0.25, 0.3) is 0 Å². The average molecular weight is 381 g/mol. The number of carboxylic acid groups (broad SMARTS) is 1. The summed E-state index contributed by atoms with van der Waals surface area (Å²) in [5, 5.41) is 9.10. The Balaban J connectivity index is 1.77. The van der Waals surface area contributed by atoms with Gasteiger partial charge in [-0.05, 0) is 44.1 Å². The summed E-state index contributed by atoms with van der Waals surface area (Å²) >= 11 is 0. The Kier molecular flexibility index (Phi) is 5.49. The van der Waals surface area contributed by atoms with Crippen LogP contribution in [0, 0.1) is 0 Å². The average Bonchev–Trinajstić information content (AvgIpc) is 3.26. The molecule has 1 fully saturated rings. The molecule has 0 radical (unpaired) electrons. The van der Waals surface area contributed by atoms with E-state index >= 15 is 0 Å². The van der Waals surface area contributed by atoms with Crippen molar-refractivity contribution in [1.29, 1.82) is 0 Å². The number of likely N-dealkylation sites (tertiary alicyclic amines) is 1. The van der Waals surface area contributed by atoms with Crippen molar-refractivity contribution >= 4 is 16.0 Å².